The van der Waals surface area contributed by atoms with Gasteiger partial charge in [-0.2, -0.15) is 0 Å². The van der Waals surface area contributed by atoms with Gasteiger partial charge in [0, 0.05) is 52.9 Å². The van der Waals surface area contributed by atoms with E-state index in [4.69, 9.17) is 14.2 Å². The number of ketones is 1. The Balaban J connectivity index is 1.57. The predicted molar refractivity (Wildman–Crippen MR) is 124 cm³/mol. The van der Waals surface area contributed by atoms with Crippen LogP contribution in [0.25, 0.3) is 17.0 Å². The first kappa shape index (κ1) is 20.6. The summed E-state index contributed by atoms with van der Waals surface area (Å²) in [7, 11) is 1.66. The molecule has 0 fully saturated rings. The first-order chi connectivity index (χ1) is 15.4. The van der Waals surface area contributed by atoms with E-state index in [0.29, 0.717) is 29.8 Å². The number of hydrogen-bond donors (Lipinski definition) is 0. The molecular weight excluding hydrogens is 404 g/mol. The minimum Gasteiger partial charge on any atom is -0.497 e. The molecule has 0 aliphatic carbocycles. The van der Waals surface area contributed by atoms with E-state index in [1.165, 1.54) is 0 Å². The lowest BCUT2D eigenvalue weighted by Gasteiger charge is -2.32. The van der Waals surface area contributed by atoms with E-state index >= 15 is 0 Å². The van der Waals surface area contributed by atoms with Gasteiger partial charge < -0.3 is 18.8 Å². The summed E-state index contributed by atoms with van der Waals surface area (Å²) in [6.45, 7) is 10.5. The molecule has 0 saturated heterocycles. The van der Waals surface area contributed by atoms with Gasteiger partial charge in [0.25, 0.3) is 0 Å². The second kappa shape index (κ2) is 7.71. The van der Waals surface area contributed by atoms with E-state index in [1.807, 2.05) is 37.3 Å². The first-order valence-electron chi connectivity index (χ1n) is 11.1. The quantitative estimate of drug-likeness (QED) is 0.534. The molecule has 2 aromatic carbocycles. The predicted octanol–water partition coefficient (Wildman–Crippen LogP) is 5.15. The van der Waals surface area contributed by atoms with Crippen molar-refractivity contribution in [2.75, 3.05) is 13.8 Å². The standard InChI is InChI=1S/C26H28N2O4/c1-6-27-12-17(20-11-19(30-5)7-8-22(20)27)10-23-24(29)21-9-18-13-28(15(2)3)14-31-25(18)16(4)26(21)32-23/h7-12,15H,6,13-14H2,1-5H3/b23-10-. The van der Waals surface area contributed by atoms with Crippen LogP contribution in [0.15, 0.2) is 36.2 Å². The number of carbonyl (C=O) groups is 1. The fourth-order valence-corrected chi connectivity index (χ4v) is 4.55. The van der Waals surface area contributed by atoms with Crippen LogP contribution in [0.2, 0.25) is 0 Å². The topological polar surface area (TPSA) is 52.9 Å². The van der Waals surface area contributed by atoms with E-state index in [1.54, 1.807) is 7.11 Å². The molecule has 0 saturated carbocycles. The Morgan fingerprint density at radius 2 is 2.03 bits per heavy atom. The number of aryl methyl sites for hydroxylation is 1. The van der Waals surface area contributed by atoms with Gasteiger partial charge in [0.05, 0.1) is 12.7 Å². The third-order valence-electron chi connectivity index (χ3n) is 6.44. The summed E-state index contributed by atoms with van der Waals surface area (Å²) < 4.78 is 19.7. The van der Waals surface area contributed by atoms with Crippen molar-refractivity contribution in [2.45, 2.75) is 46.8 Å². The third-order valence-corrected chi connectivity index (χ3v) is 6.44. The van der Waals surface area contributed by atoms with Gasteiger partial charge in [-0.15, -0.1) is 0 Å². The average molecular weight is 433 g/mol. The van der Waals surface area contributed by atoms with Gasteiger partial charge in [0.1, 0.15) is 24.0 Å². The lowest BCUT2D eigenvalue weighted by atomic mass is 9.99. The van der Waals surface area contributed by atoms with Crippen LogP contribution in [-0.4, -0.2) is 35.1 Å². The minimum atomic E-state index is -0.0899. The smallest absolute Gasteiger partial charge is 0.231 e. The number of ether oxygens (including phenoxy) is 3. The van der Waals surface area contributed by atoms with Crippen LogP contribution in [0.3, 0.4) is 0 Å². The molecule has 5 rings (SSSR count). The van der Waals surface area contributed by atoms with Gasteiger partial charge >= 0.3 is 0 Å². The highest BCUT2D eigenvalue weighted by Crippen LogP contribution is 2.43. The molecular formula is C26H28N2O4. The Morgan fingerprint density at radius 1 is 1.22 bits per heavy atom. The van der Waals surface area contributed by atoms with Crippen LogP contribution < -0.4 is 14.2 Å². The van der Waals surface area contributed by atoms with Crippen molar-refractivity contribution >= 4 is 22.8 Å². The average Bonchev–Trinajstić information content (AvgIpc) is 3.31. The molecule has 2 aliphatic rings. The number of Topliss-reactive ketones (excluding diaryl/α,β-unsaturated/α-hetero) is 1. The number of nitrogens with zero attached hydrogens (tertiary/aromatic N) is 2. The lowest BCUT2D eigenvalue weighted by molar-refractivity contribution is 0.0678. The summed E-state index contributed by atoms with van der Waals surface area (Å²) in [5, 5.41) is 1.03. The summed E-state index contributed by atoms with van der Waals surface area (Å²) in [5.41, 5.74) is 4.55. The van der Waals surface area contributed by atoms with E-state index in [9.17, 15) is 4.79 Å². The second-order valence-corrected chi connectivity index (χ2v) is 8.67. The molecule has 0 unspecified atom stereocenters. The summed E-state index contributed by atoms with van der Waals surface area (Å²) in [6, 6.07) is 8.30. The summed E-state index contributed by atoms with van der Waals surface area (Å²) >= 11 is 0. The van der Waals surface area contributed by atoms with Gasteiger partial charge in [-0.3, -0.25) is 9.69 Å². The Morgan fingerprint density at radius 3 is 2.75 bits per heavy atom. The maximum Gasteiger partial charge on any atom is 0.231 e. The van der Waals surface area contributed by atoms with Crippen LogP contribution in [0, 0.1) is 6.92 Å². The first-order valence-corrected chi connectivity index (χ1v) is 11.1. The highest BCUT2D eigenvalue weighted by atomic mass is 16.5. The number of methoxy groups -OCH3 is 1. The van der Waals surface area contributed by atoms with E-state index in [2.05, 4.69) is 36.4 Å². The number of benzene rings is 2. The SMILES string of the molecule is CCn1cc(/C=C2\Oc3c(cc4c(c3C)OCN(C(C)C)C4)C2=O)c2cc(OC)ccc21. The molecule has 1 aromatic heterocycles. The molecule has 0 N–H and O–H groups in total. The number of rotatable bonds is 4. The largest absolute Gasteiger partial charge is 0.497 e. The molecule has 6 nitrogen and oxygen atoms in total. The number of hydrogen-bond acceptors (Lipinski definition) is 5. The Kier molecular flexibility index (Phi) is 4.97. The van der Waals surface area contributed by atoms with Crippen LogP contribution in [0.1, 0.15) is 47.8 Å². The molecule has 6 heteroatoms. The van der Waals surface area contributed by atoms with Crippen molar-refractivity contribution in [1.29, 1.82) is 0 Å². The molecule has 166 valence electrons. The molecule has 0 spiro atoms. The fourth-order valence-electron chi connectivity index (χ4n) is 4.55. The molecule has 0 bridgehead atoms. The zero-order valence-corrected chi connectivity index (χ0v) is 19.2. The number of allylic oxidation sites excluding steroid dienone is 1. The van der Waals surface area contributed by atoms with Crippen LogP contribution in [-0.2, 0) is 13.1 Å². The summed E-state index contributed by atoms with van der Waals surface area (Å²) in [5.74, 6) is 2.47. The highest BCUT2D eigenvalue weighted by molar-refractivity contribution is 6.15. The van der Waals surface area contributed by atoms with Crippen molar-refractivity contribution in [3.05, 3.63) is 58.5 Å². The fraction of sp³-hybridized carbons (Fsp3) is 0.346. The number of aromatic nitrogens is 1. The summed E-state index contributed by atoms with van der Waals surface area (Å²) in [4.78, 5) is 15.5. The van der Waals surface area contributed by atoms with E-state index in [0.717, 1.165) is 52.2 Å². The third kappa shape index (κ3) is 3.17. The van der Waals surface area contributed by atoms with Gasteiger partial charge in [-0.25, -0.2) is 0 Å². The van der Waals surface area contributed by atoms with Gasteiger partial charge in [0.2, 0.25) is 5.78 Å². The Hall–Kier alpha value is -3.25. The van der Waals surface area contributed by atoms with Crippen LogP contribution >= 0.6 is 0 Å². The van der Waals surface area contributed by atoms with E-state index in [-0.39, 0.29) is 5.78 Å². The molecule has 3 aromatic rings. The van der Waals surface area contributed by atoms with Crippen molar-refractivity contribution in [3.8, 4) is 17.2 Å². The highest BCUT2D eigenvalue weighted by Gasteiger charge is 2.34. The van der Waals surface area contributed by atoms with Crippen molar-refractivity contribution in [3.63, 3.8) is 0 Å². The lowest BCUT2D eigenvalue weighted by Crippen LogP contribution is -2.37. The van der Waals surface area contributed by atoms with Crippen molar-refractivity contribution < 1.29 is 19.0 Å². The molecule has 0 amide bonds. The molecule has 2 aliphatic heterocycles. The van der Waals surface area contributed by atoms with Crippen LogP contribution in [0.4, 0.5) is 0 Å². The zero-order chi connectivity index (χ0) is 22.6. The second-order valence-electron chi connectivity index (χ2n) is 8.67. The normalized spacial score (nSPS) is 16.9. The van der Waals surface area contributed by atoms with Crippen LogP contribution in [0.5, 0.6) is 17.2 Å². The maximum absolute atomic E-state index is 13.3. The number of fused-ring (bicyclic) bond motifs is 3. The van der Waals surface area contributed by atoms with E-state index < -0.39 is 0 Å². The Labute approximate surface area is 188 Å². The van der Waals surface area contributed by atoms with Crippen molar-refractivity contribution in [2.24, 2.45) is 0 Å². The minimum absolute atomic E-state index is 0.0899. The molecule has 3 heterocycles. The monoisotopic (exact) mass is 432 g/mol. The maximum atomic E-state index is 13.3. The number of carbonyl (C=O) groups excluding carboxylic acids is 1. The van der Waals surface area contributed by atoms with Gasteiger partial charge in [-0.1, -0.05) is 0 Å². The molecule has 0 radical (unpaired) electrons. The molecule has 0 atom stereocenters. The zero-order valence-electron chi connectivity index (χ0n) is 19.2. The van der Waals surface area contributed by atoms with Gasteiger partial charge in [-0.05, 0) is 58.0 Å². The Bertz CT molecular complexity index is 1270. The molecule has 32 heavy (non-hydrogen) atoms. The van der Waals surface area contributed by atoms with Gasteiger partial charge in [0.15, 0.2) is 5.76 Å². The van der Waals surface area contributed by atoms with Crippen molar-refractivity contribution in [1.82, 2.24) is 9.47 Å². The summed E-state index contributed by atoms with van der Waals surface area (Å²) in [6.07, 6.45) is 3.90.